The van der Waals surface area contributed by atoms with Gasteiger partial charge in [-0.15, -0.1) is 11.3 Å². The Morgan fingerprint density at radius 1 is 1.45 bits per heavy atom. The maximum Gasteiger partial charge on any atom is 0.280 e. The number of benzene rings is 1. The van der Waals surface area contributed by atoms with E-state index in [0.29, 0.717) is 0 Å². The van der Waals surface area contributed by atoms with Gasteiger partial charge in [0.1, 0.15) is 11.8 Å². The summed E-state index contributed by atoms with van der Waals surface area (Å²) in [7, 11) is -5.31. The van der Waals surface area contributed by atoms with E-state index in [4.69, 9.17) is 23.9 Å². The zero-order valence-corrected chi connectivity index (χ0v) is 17.6. The van der Waals surface area contributed by atoms with E-state index in [-0.39, 0.29) is 21.1 Å². The lowest BCUT2D eigenvalue weighted by Crippen LogP contribution is -2.55. The van der Waals surface area contributed by atoms with Crippen LogP contribution in [-0.4, -0.2) is 41.2 Å². The number of carbonyl (C=O) groups is 1. The Morgan fingerprint density at radius 2 is 2.29 bits per heavy atom. The lowest BCUT2D eigenvalue weighted by atomic mass is 10.1. The Bertz CT molecular complexity index is 1580. The van der Waals surface area contributed by atoms with E-state index in [1.807, 2.05) is 4.72 Å². The number of rotatable bonds is 4. The van der Waals surface area contributed by atoms with Gasteiger partial charge in [0.15, 0.2) is 0 Å². The molecule has 0 radical (unpaired) electrons. The van der Waals surface area contributed by atoms with Gasteiger partial charge in [-0.3, -0.25) is 4.79 Å². The van der Waals surface area contributed by atoms with Gasteiger partial charge in [-0.2, -0.15) is 17.4 Å². The first-order valence-electron chi connectivity index (χ1n) is 13.0. The van der Waals surface area contributed by atoms with Crippen LogP contribution in [0.1, 0.15) is 29.6 Å². The lowest BCUT2D eigenvalue weighted by Gasteiger charge is -2.35. The predicted octanol–water partition coefficient (Wildman–Crippen LogP) is 3.16. The van der Waals surface area contributed by atoms with Gasteiger partial charge in [-0.05, 0) is 36.7 Å². The van der Waals surface area contributed by atoms with Gasteiger partial charge in [0, 0.05) is 40.3 Å². The Kier molecular flexibility index (Phi) is 3.57. The largest absolute Gasteiger partial charge is 0.340 e. The van der Waals surface area contributed by atoms with E-state index in [0.717, 1.165) is 40.4 Å². The van der Waals surface area contributed by atoms with Gasteiger partial charge in [0.2, 0.25) is 5.91 Å². The fraction of sp³-hybridized carbons (Fsp3) is 0.263. The molecule has 8 nitrogen and oxygen atoms in total. The van der Waals surface area contributed by atoms with Crippen LogP contribution in [0.3, 0.4) is 0 Å². The van der Waals surface area contributed by atoms with Gasteiger partial charge >= 0.3 is 0 Å². The molecule has 0 bridgehead atoms. The van der Waals surface area contributed by atoms with Crippen molar-refractivity contribution in [2.75, 3.05) is 12.3 Å². The normalized spacial score (nSPS) is 33.4. The molecule has 31 heavy (non-hydrogen) atoms. The maximum absolute atomic E-state index is 13.6. The molecule has 2 aromatic heterocycles. The molecule has 0 aliphatic carbocycles. The highest BCUT2D eigenvalue weighted by Crippen LogP contribution is 2.35. The second kappa shape index (κ2) is 8.32. The quantitative estimate of drug-likeness (QED) is 0.584. The lowest BCUT2D eigenvalue weighted by molar-refractivity contribution is -0.120. The Hall–Kier alpha value is -2.31. The van der Waals surface area contributed by atoms with E-state index < -0.39 is 63.6 Å². The van der Waals surface area contributed by atoms with Crippen LogP contribution in [0.2, 0.25) is 5.02 Å². The number of aromatic nitrogens is 2. The van der Waals surface area contributed by atoms with Gasteiger partial charge in [-0.25, -0.2) is 9.37 Å². The molecule has 1 unspecified atom stereocenters. The number of carbonyl (C=O) groups excluding carboxylic acids is 1. The third-order valence-corrected chi connectivity index (χ3v) is 6.68. The van der Waals surface area contributed by atoms with Crippen LogP contribution in [0.4, 0.5) is 10.1 Å². The van der Waals surface area contributed by atoms with Crippen LogP contribution in [0, 0.1) is 5.82 Å². The number of imidazole rings is 1. The topological polar surface area (TPSA) is 96.3 Å². The number of hydrogen-bond acceptors (Lipinski definition) is 5. The van der Waals surface area contributed by atoms with E-state index in [1.165, 1.54) is 18.3 Å². The standard InChI is InChI=1S/C19H19ClFN5O3S2/c1-25-9-15(22-10-25)18-6-5-17(30-18)14-8-16(26(2)31(28,29)24-14)19(27)23-11-3-4-13(21)12(20)7-11/h3-7,9-10,14,16,24H,8H2,1-2H3,(H,23,27)/t14-,16+/m0/s1/i1D3,2D3,8D,14D,16D/t8?,14-,16+. The van der Waals surface area contributed by atoms with E-state index >= 15 is 0 Å². The maximum atomic E-state index is 13.6. The van der Waals surface area contributed by atoms with Gasteiger partial charge < -0.3 is 9.88 Å². The zero-order valence-electron chi connectivity index (χ0n) is 24.3. The number of nitrogens with one attached hydrogen (secondary N) is 2. The molecule has 1 aliphatic rings. The summed E-state index contributed by atoms with van der Waals surface area (Å²) >= 11 is 6.44. The van der Waals surface area contributed by atoms with Crippen molar-refractivity contribution < 1.29 is 29.9 Å². The molecule has 0 spiro atoms. The summed E-state index contributed by atoms with van der Waals surface area (Å²) in [4.78, 5) is 17.4. The molecule has 1 saturated heterocycles. The Labute approximate surface area is 200 Å². The molecular formula is C19H19ClFN5O3S2. The monoisotopic (exact) mass is 492 g/mol. The summed E-state index contributed by atoms with van der Waals surface area (Å²) in [5.41, 5.74) is -0.0844. The molecular weight excluding hydrogens is 465 g/mol. The first kappa shape index (κ1) is 13.3. The second-order valence-corrected chi connectivity index (χ2v) is 9.24. The van der Waals surface area contributed by atoms with Crippen LogP contribution < -0.4 is 10.0 Å². The number of nitrogens with zero attached hydrogens (tertiary/aromatic N) is 3. The second-order valence-electron chi connectivity index (χ2n) is 6.23. The first-order valence-corrected chi connectivity index (χ1v) is 11.0. The van der Waals surface area contributed by atoms with Gasteiger partial charge in [0.05, 0.1) is 30.7 Å². The minimum absolute atomic E-state index is 0.142. The summed E-state index contributed by atoms with van der Waals surface area (Å²) in [6, 6.07) is -0.817. The van der Waals surface area contributed by atoms with Crippen molar-refractivity contribution in [1.29, 1.82) is 0 Å². The number of halogens is 2. The van der Waals surface area contributed by atoms with Crippen molar-refractivity contribution in [3.8, 4) is 10.6 Å². The zero-order chi connectivity index (χ0) is 30.1. The predicted molar refractivity (Wildman–Crippen MR) is 118 cm³/mol. The fourth-order valence-electron chi connectivity index (χ4n) is 2.66. The van der Waals surface area contributed by atoms with Gasteiger partial charge in [-0.1, -0.05) is 11.6 Å². The molecule has 3 heterocycles. The number of hydrogen-bond donors (Lipinski definition) is 2. The van der Waals surface area contributed by atoms with Gasteiger partial charge in [0.25, 0.3) is 10.2 Å². The molecule has 1 aromatic carbocycles. The van der Waals surface area contributed by atoms with Crippen LogP contribution in [-0.2, 0) is 22.0 Å². The van der Waals surface area contributed by atoms with E-state index in [1.54, 1.807) is 0 Å². The molecule has 1 amide bonds. The average Bonchev–Trinajstić information content (AvgIpc) is 3.48. The summed E-state index contributed by atoms with van der Waals surface area (Å²) in [5, 5.41) is 1.66. The smallest absolute Gasteiger partial charge is 0.280 e. The van der Waals surface area contributed by atoms with Crippen molar-refractivity contribution >= 4 is 44.7 Å². The molecule has 1 aliphatic heterocycles. The molecule has 164 valence electrons. The summed E-state index contributed by atoms with van der Waals surface area (Å²) < 4.78 is 114. The Balaban J connectivity index is 1.80. The van der Waals surface area contributed by atoms with Crippen LogP contribution in [0.15, 0.2) is 42.9 Å². The third kappa shape index (κ3) is 4.51. The summed E-state index contributed by atoms with van der Waals surface area (Å²) in [5.74, 6) is -2.46. The molecule has 3 aromatic rings. The molecule has 1 fully saturated rings. The molecule has 3 atom stereocenters. The van der Waals surface area contributed by atoms with E-state index in [9.17, 15) is 17.6 Å². The SMILES string of the molecule is [2H]C1[C@]([2H])(C(=O)Nc2ccc(F)c(Cl)c2)N(C([2H])([2H])[2H])S(=O)(=O)N[C@]1([2H])c1ccc(-c2cn(C([2H])([2H])[2H])cn2)s1. The van der Waals surface area contributed by atoms with Crippen molar-refractivity contribution in [1.82, 2.24) is 18.6 Å². The minimum atomic E-state index is -5.31. The number of thiophene rings is 1. The molecule has 2 N–H and O–H groups in total. The number of amides is 1. The Morgan fingerprint density at radius 3 is 3.00 bits per heavy atom. The fourth-order valence-corrected chi connectivity index (χ4v) is 4.77. The molecule has 0 saturated carbocycles. The van der Waals surface area contributed by atoms with Crippen molar-refractivity contribution in [2.24, 2.45) is 6.98 Å². The number of likely N-dealkylation sites (N-methyl/N-ethyl adjacent to an activating group) is 1. The number of anilines is 1. The van der Waals surface area contributed by atoms with Crippen LogP contribution in [0.5, 0.6) is 0 Å². The highest BCUT2D eigenvalue weighted by atomic mass is 35.5. The van der Waals surface area contributed by atoms with Crippen LogP contribution in [0.25, 0.3) is 10.6 Å². The highest BCUT2D eigenvalue weighted by molar-refractivity contribution is 7.87. The molecule has 4 rings (SSSR count). The summed E-state index contributed by atoms with van der Waals surface area (Å²) in [6.07, 6.45) is -0.190. The number of aryl methyl sites for hydroxylation is 1. The van der Waals surface area contributed by atoms with Crippen molar-refractivity contribution in [3.63, 3.8) is 0 Å². The van der Waals surface area contributed by atoms with Crippen LogP contribution >= 0.6 is 22.9 Å². The highest BCUT2D eigenvalue weighted by Gasteiger charge is 2.41. The van der Waals surface area contributed by atoms with E-state index in [2.05, 4.69) is 10.3 Å². The average molecular weight is 493 g/mol. The molecule has 12 heteroatoms. The summed E-state index contributed by atoms with van der Waals surface area (Å²) in [6.45, 7) is -6.17. The third-order valence-electron chi connectivity index (χ3n) is 4.10. The van der Waals surface area contributed by atoms with Crippen molar-refractivity contribution in [3.05, 3.63) is 58.6 Å². The first-order chi connectivity index (χ1) is 18.2. The minimum Gasteiger partial charge on any atom is -0.340 e. The van der Waals surface area contributed by atoms with Crippen molar-refractivity contribution in [2.45, 2.75) is 18.4 Å².